The van der Waals surface area contributed by atoms with E-state index in [0.717, 1.165) is 11.1 Å². The zero-order valence-corrected chi connectivity index (χ0v) is 18.6. The zero-order valence-electron chi connectivity index (χ0n) is 18.6. The molecule has 0 bridgehead atoms. The number of hydrogen-bond donors (Lipinski definition) is 0. The minimum atomic E-state index is -0.867. The highest BCUT2D eigenvalue weighted by molar-refractivity contribution is 5.84. The lowest BCUT2D eigenvalue weighted by Crippen LogP contribution is -2.44. The SMILES string of the molecule is COC(C)(C)C(=O)N(C)Cc1ccc([C@H]2CN(C(C)=O)C[C@@H]2C(=O)N(C)C)cc1. The lowest BCUT2D eigenvalue weighted by atomic mass is 9.87. The summed E-state index contributed by atoms with van der Waals surface area (Å²) in [5.74, 6) is -0.341. The highest BCUT2D eigenvalue weighted by Crippen LogP contribution is 2.34. The number of methoxy groups -OCH3 is 1. The van der Waals surface area contributed by atoms with E-state index < -0.39 is 5.60 Å². The van der Waals surface area contributed by atoms with Crippen LogP contribution in [0.5, 0.6) is 0 Å². The van der Waals surface area contributed by atoms with E-state index in [1.54, 1.807) is 49.7 Å². The second-order valence-electron chi connectivity index (χ2n) is 8.49. The maximum Gasteiger partial charge on any atom is 0.254 e. The van der Waals surface area contributed by atoms with Gasteiger partial charge in [0.15, 0.2) is 0 Å². The number of hydrogen-bond acceptors (Lipinski definition) is 4. The second kappa shape index (κ2) is 8.95. The smallest absolute Gasteiger partial charge is 0.254 e. The fourth-order valence-corrected chi connectivity index (χ4v) is 3.74. The number of likely N-dealkylation sites (N-methyl/N-ethyl adjacent to an activating group) is 1. The summed E-state index contributed by atoms with van der Waals surface area (Å²) in [4.78, 5) is 42.0. The van der Waals surface area contributed by atoms with Crippen molar-refractivity contribution in [3.8, 4) is 0 Å². The molecule has 1 saturated heterocycles. The molecule has 0 aliphatic carbocycles. The van der Waals surface area contributed by atoms with E-state index >= 15 is 0 Å². The largest absolute Gasteiger partial charge is 0.369 e. The Labute approximate surface area is 173 Å². The lowest BCUT2D eigenvalue weighted by molar-refractivity contribution is -0.150. The van der Waals surface area contributed by atoms with Crippen LogP contribution in [0.25, 0.3) is 0 Å². The molecule has 1 aromatic carbocycles. The summed E-state index contributed by atoms with van der Waals surface area (Å²) in [5.41, 5.74) is 1.16. The van der Waals surface area contributed by atoms with Crippen LogP contribution in [0.1, 0.15) is 37.8 Å². The predicted octanol–water partition coefficient (Wildman–Crippen LogP) is 1.72. The molecule has 1 heterocycles. The summed E-state index contributed by atoms with van der Waals surface area (Å²) in [6.07, 6.45) is 0. The number of carbonyl (C=O) groups excluding carboxylic acids is 3. The first kappa shape index (κ1) is 22.9. The number of ether oxygens (including phenoxy) is 1. The van der Waals surface area contributed by atoms with Crippen molar-refractivity contribution in [2.75, 3.05) is 41.3 Å². The van der Waals surface area contributed by atoms with Gasteiger partial charge in [0.25, 0.3) is 5.91 Å². The van der Waals surface area contributed by atoms with E-state index in [-0.39, 0.29) is 29.6 Å². The average Bonchev–Trinajstić information content (AvgIpc) is 3.12. The summed E-state index contributed by atoms with van der Waals surface area (Å²) in [6.45, 7) is 6.49. The van der Waals surface area contributed by atoms with Crippen molar-refractivity contribution in [3.63, 3.8) is 0 Å². The highest BCUT2D eigenvalue weighted by atomic mass is 16.5. The molecule has 7 nitrogen and oxygen atoms in total. The molecule has 1 fully saturated rings. The molecular formula is C22H33N3O4. The van der Waals surface area contributed by atoms with Gasteiger partial charge in [-0.15, -0.1) is 0 Å². The average molecular weight is 404 g/mol. The summed E-state index contributed by atoms with van der Waals surface area (Å²) in [7, 11) is 6.77. The number of amides is 3. The van der Waals surface area contributed by atoms with E-state index in [9.17, 15) is 14.4 Å². The first-order chi connectivity index (χ1) is 13.5. The third-order valence-electron chi connectivity index (χ3n) is 5.72. The Morgan fingerprint density at radius 2 is 1.69 bits per heavy atom. The molecule has 1 aliphatic heterocycles. The molecule has 29 heavy (non-hydrogen) atoms. The van der Waals surface area contributed by atoms with Crippen LogP contribution in [0.3, 0.4) is 0 Å². The van der Waals surface area contributed by atoms with Crippen LogP contribution in [0, 0.1) is 5.92 Å². The van der Waals surface area contributed by atoms with Gasteiger partial charge in [-0.3, -0.25) is 14.4 Å². The van der Waals surface area contributed by atoms with Gasteiger partial charge in [-0.25, -0.2) is 0 Å². The Morgan fingerprint density at radius 1 is 1.10 bits per heavy atom. The molecular weight excluding hydrogens is 370 g/mol. The van der Waals surface area contributed by atoms with Crippen LogP contribution < -0.4 is 0 Å². The minimum Gasteiger partial charge on any atom is -0.369 e. The third-order valence-corrected chi connectivity index (χ3v) is 5.72. The monoisotopic (exact) mass is 403 g/mol. The molecule has 0 saturated carbocycles. The molecule has 0 N–H and O–H groups in total. The quantitative estimate of drug-likeness (QED) is 0.725. The van der Waals surface area contributed by atoms with Gasteiger partial charge in [0.2, 0.25) is 11.8 Å². The molecule has 0 radical (unpaired) electrons. The first-order valence-corrected chi connectivity index (χ1v) is 9.84. The molecule has 7 heteroatoms. The first-order valence-electron chi connectivity index (χ1n) is 9.84. The van der Waals surface area contributed by atoms with Crippen LogP contribution in [-0.2, 0) is 25.7 Å². The Hall–Kier alpha value is -2.41. The van der Waals surface area contributed by atoms with Crippen LogP contribution in [-0.4, -0.2) is 79.4 Å². The van der Waals surface area contributed by atoms with E-state index in [1.165, 1.54) is 14.0 Å². The van der Waals surface area contributed by atoms with Crippen molar-refractivity contribution in [1.29, 1.82) is 0 Å². The van der Waals surface area contributed by atoms with Gasteiger partial charge < -0.3 is 19.4 Å². The van der Waals surface area contributed by atoms with Crippen molar-refractivity contribution in [2.45, 2.75) is 38.8 Å². The summed E-state index contributed by atoms with van der Waals surface area (Å²) in [5, 5.41) is 0. The maximum absolute atomic E-state index is 12.6. The summed E-state index contributed by atoms with van der Waals surface area (Å²) < 4.78 is 5.27. The van der Waals surface area contributed by atoms with Crippen LogP contribution in [0.15, 0.2) is 24.3 Å². The number of nitrogens with zero attached hydrogens (tertiary/aromatic N) is 3. The Balaban J connectivity index is 2.16. The van der Waals surface area contributed by atoms with Gasteiger partial charge in [0.05, 0.1) is 5.92 Å². The topological polar surface area (TPSA) is 70.2 Å². The van der Waals surface area contributed by atoms with E-state index in [4.69, 9.17) is 4.74 Å². The number of benzene rings is 1. The molecule has 0 spiro atoms. The van der Waals surface area contributed by atoms with Crippen molar-refractivity contribution >= 4 is 17.7 Å². The van der Waals surface area contributed by atoms with Gasteiger partial charge in [-0.05, 0) is 25.0 Å². The fourth-order valence-electron chi connectivity index (χ4n) is 3.74. The summed E-state index contributed by atoms with van der Waals surface area (Å²) in [6, 6.07) is 7.96. The summed E-state index contributed by atoms with van der Waals surface area (Å²) >= 11 is 0. The normalized spacial score (nSPS) is 19.2. The Kier molecular flexibility index (Phi) is 7.06. The molecule has 0 unspecified atom stereocenters. The number of carbonyl (C=O) groups is 3. The van der Waals surface area contributed by atoms with E-state index in [2.05, 4.69) is 0 Å². The molecule has 1 aliphatic rings. The molecule has 1 aromatic rings. The van der Waals surface area contributed by atoms with Gasteiger partial charge in [-0.1, -0.05) is 24.3 Å². The fraction of sp³-hybridized carbons (Fsp3) is 0.591. The number of likely N-dealkylation sites (tertiary alicyclic amines) is 1. The van der Waals surface area contributed by atoms with Crippen molar-refractivity contribution in [2.24, 2.45) is 5.92 Å². The highest BCUT2D eigenvalue weighted by Gasteiger charge is 2.40. The molecule has 3 amide bonds. The zero-order chi connectivity index (χ0) is 21.9. The van der Waals surface area contributed by atoms with Gasteiger partial charge in [0, 0.05) is 60.7 Å². The van der Waals surface area contributed by atoms with Crippen molar-refractivity contribution in [1.82, 2.24) is 14.7 Å². The van der Waals surface area contributed by atoms with Crippen LogP contribution in [0.2, 0.25) is 0 Å². The minimum absolute atomic E-state index is 0.0124. The standard InChI is InChI=1S/C22H33N3O4/c1-15(26)25-13-18(19(14-25)20(27)23(4)5)17-10-8-16(9-11-17)12-24(6)21(28)22(2,3)29-7/h8-11,18-19H,12-14H2,1-7H3/t18-,19+/m1/s1. The molecule has 0 aromatic heterocycles. The second-order valence-corrected chi connectivity index (χ2v) is 8.49. The molecule has 2 atom stereocenters. The van der Waals surface area contributed by atoms with Crippen molar-refractivity contribution in [3.05, 3.63) is 35.4 Å². The predicted molar refractivity (Wildman–Crippen MR) is 111 cm³/mol. The number of rotatable bonds is 6. The van der Waals surface area contributed by atoms with Crippen LogP contribution >= 0.6 is 0 Å². The maximum atomic E-state index is 12.6. The molecule has 160 valence electrons. The van der Waals surface area contributed by atoms with Crippen molar-refractivity contribution < 1.29 is 19.1 Å². The molecule has 2 rings (SSSR count). The Morgan fingerprint density at radius 3 is 2.17 bits per heavy atom. The third kappa shape index (κ3) is 5.15. The van der Waals surface area contributed by atoms with Gasteiger partial charge >= 0.3 is 0 Å². The van der Waals surface area contributed by atoms with Crippen LogP contribution in [0.4, 0.5) is 0 Å². The Bertz CT molecular complexity index is 758. The van der Waals surface area contributed by atoms with Gasteiger partial charge in [0.1, 0.15) is 5.60 Å². The lowest BCUT2D eigenvalue weighted by Gasteiger charge is -2.28. The van der Waals surface area contributed by atoms with E-state index in [0.29, 0.717) is 19.6 Å². The van der Waals surface area contributed by atoms with E-state index in [1.807, 2.05) is 24.3 Å². The van der Waals surface area contributed by atoms with Gasteiger partial charge in [-0.2, -0.15) is 0 Å².